The Morgan fingerprint density at radius 1 is 0.500 bits per heavy atom. The van der Waals surface area contributed by atoms with Crippen molar-refractivity contribution >= 4 is 35.5 Å². The van der Waals surface area contributed by atoms with Crippen LogP contribution in [0.25, 0.3) is 0 Å². The van der Waals surface area contributed by atoms with Crippen molar-refractivity contribution in [3.63, 3.8) is 0 Å². The summed E-state index contributed by atoms with van der Waals surface area (Å²) in [5, 5.41) is 2.73. The molecule has 0 bridgehead atoms. The first-order valence-electron chi connectivity index (χ1n) is 11.1. The van der Waals surface area contributed by atoms with Crippen LogP contribution in [0.2, 0.25) is 0 Å². The van der Waals surface area contributed by atoms with Crippen LogP contribution < -0.4 is 30.7 Å². The minimum absolute atomic E-state index is 0.224. The fraction of sp³-hybridized carbons (Fsp3) is 0.143. The van der Waals surface area contributed by atoms with Gasteiger partial charge >= 0.3 is 0 Å². The SMILES string of the molecule is COc1ccccc1[P@](=O)(CC[P@](=O)(c1ccccc1)c1ccccc1OC)c1ccccc1. The molecule has 0 aliphatic heterocycles. The number of rotatable bonds is 9. The highest BCUT2D eigenvalue weighted by Crippen LogP contribution is 2.53. The van der Waals surface area contributed by atoms with Gasteiger partial charge in [-0.1, -0.05) is 84.9 Å². The topological polar surface area (TPSA) is 52.6 Å². The number of benzene rings is 4. The van der Waals surface area contributed by atoms with Gasteiger partial charge in [-0.2, -0.15) is 0 Å². The summed E-state index contributed by atoms with van der Waals surface area (Å²) in [5.74, 6) is 1.14. The molecule has 0 amide bonds. The van der Waals surface area contributed by atoms with Crippen molar-refractivity contribution in [3.05, 3.63) is 109 Å². The average Bonchev–Trinajstić information content (AvgIpc) is 2.92. The van der Waals surface area contributed by atoms with E-state index in [1.807, 2.05) is 109 Å². The standard InChI is InChI=1S/C28H28O4P2/c1-31-25-17-9-11-19-27(25)33(29,23-13-5-3-6-14-23)21-22-34(30,24-15-7-4-8-16-24)28-20-12-10-18-26(28)32-2/h3-20H,21-22H2,1-2H3/t33-,34-/m0/s1. The van der Waals surface area contributed by atoms with Crippen LogP contribution in [0.4, 0.5) is 0 Å². The molecule has 0 aromatic heterocycles. The highest BCUT2D eigenvalue weighted by molar-refractivity contribution is 7.82. The Balaban J connectivity index is 1.86. The normalized spacial score (nSPS) is 14.5. The van der Waals surface area contributed by atoms with Gasteiger partial charge in [0.1, 0.15) is 25.8 Å². The first-order valence-corrected chi connectivity index (χ1v) is 14.9. The van der Waals surface area contributed by atoms with Crippen molar-refractivity contribution in [2.24, 2.45) is 0 Å². The summed E-state index contributed by atoms with van der Waals surface area (Å²) in [6, 6.07) is 33.7. The largest absolute Gasteiger partial charge is 0.496 e. The van der Waals surface area contributed by atoms with E-state index in [4.69, 9.17) is 9.47 Å². The van der Waals surface area contributed by atoms with Crippen molar-refractivity contribution in [3.8, 4) is 11.5 Å². The molecule has 0 fully saturated rings. The molecular formula is C28H28O4P2. The molecule has 34 heavy (non-hydrogen) atoms. The number of methoxy groups -OCH3 is 2. The molecule has 0 unspecified atom stereocenters. The van der Waals surface area contributed by atoms with Gasteiger partial charge in [0.15, 0.2) is 0 Å². The highest BCUT2D eigenvalue weighted by atomic mass is 31.2. The number of ether oxygens (including phenoxy) is 2. The van der Waals surface area contributed by atoms with Crippen molar-refractivity contribution in [2.45, 2.75) is 0 Å². The lowest BCUT2D eigenvalue weighted by Gasteiger charge is -2.26. The second-order valence-electron chi connectivity index (χ2n) is 7.94. The molecule has 6 heteroatoms. The Bertz CT molecular complexity index is 1230. The molecule has 0 N–H and O–H groups in total. The molecule has 0 radical (unpaired) electrons. The van der Waals surface area contributed by atoms with E-state index in [-0.39, 0.29) is 12.3 Å². The lowest BCUT2D eigenvalue weighted by molar-refractivity contribution is 0.417. The van der Waals surface area contributed by atoms with Crippen LogP contribution in [0.3, 0.4) is 0 Å². The maximum atomic E-state index is 14.8. The zero-order valence-corrected chi connectivity index (χ0v) is 21.1. The Morgan fingerprint density at radius 2 is 0.824 bits per heavy atom. The lowest BCUT2D eigenvalue weighted by Crippen LogP contribution is -2.26. The summed E-state index contributed by atoms with van der Waals surface area (Å²) >= 11 is 0. The summed E-state index contributed by atoms with van der Waals surface area (Å²) in [7, 11) is -3.19. The van der Waals surface area contributed by atoms with Crippen LogP contribution in [-0.4, -0.2) is 26.5 Å². The van der Waals surface area contributed by atoms with Gasteiger partial charge in [0.25, 0.3) is 0 Å². The summed E-state index contributed by atoms with van der Waals surface area (Å²) in [6.45, 7) is 0. The quantitative estimate of drug-likeness (QED) is 0.309. The van der Waals surface area contributed by atoms with Crippen LogP contribution >= 0.6 is 14.3 Å². The predicted octanol–water partition coefficient (Wildman–Crippen LogP) is 5.03. The van der Waals surface area contributed by atoms with Crippen LogP contribution in [0, 0.1) is 0 Å². The van der Waals surface area contributed by atoms with Gasteiger partial charge in [0.05, 0.1) is 24.8 Å². The van der Waals surface area contributed by atoms with E-state index in [1.54, 1.807) is 14.2 Å². The first-order chi connectivity index (χ1) is 16.5. The predicted molar refractivity (Wildman–Crippen MR) is 142 cm³/mol. The highest BCUT2D eigenvalue weighted by Gasteiger charge is 2.36. The van der Waals surface area contributed by atoms with Crippen molar-refractivity contribution in [1.82, 2.24) is 0 Å². The molecule has 0 aliphatic rings. The van der Waals surface area contributed by atoms with E-state index in [2.05, 4.69) is 0 Å². The minimum Gasteiger partial charge on any atom is -0.496 e. The van der Waals surface area contributed by atoms with Gasteiger partial charge in [0, 0.05) is 22.9 Å². The molecule has 4 nitrogen and oxygen atoms in total. The molecule has 0 spiro atoms. The van der Waals surface area contributed by atoms with Gasteiger partial charge in [-0.25, -0.2) is 0 Å². The third-order valence-corrected chi connectivity index (χ3v) is 12.6. The number of hydrogen-bond donors (Lipinski definition) is 0. The molecule has 0 heterocycles. The van der Waals surface area contributed by atoms with Crippen LogP contribution in [0.15, 0.2) is 109 Å². The first kappa shape index (κ1) is 24.1. The van der Waals surface area contributed by atoms with Gasteiger partial charge in [-0.3, -0.25) is 0 Å². The molecule has 4 aromatic rings. The Hall–Kier alpha value is -3.06. The summed E-state index contributed by atoms with van der Waals surface area (Å²) in [5.41, 5.74) is 0. The Morgan fingerprint density at radius 3 is 1.18 bits per heavy atom. The molecular weight excluding hydrogens is 462 g/mol. The molecule has 0 aliphatic carbocycles. The average molecular weight is 490 g/mol. The Kier molecular flexibility index (Phi) is 7.41. The zero-order valence-electron chi connectivity index (χ0n) is 19.3. The smallest absolute Gasteiger partial charge is 0.147 e. The second kappa shape index (κ2) is 10.5. The van der Waals surface area contributed by atoms with Gasteiger partial charge in [0.2, 0.25) is 0 Å². The van der Waals surface area contributed by atoms with E-state index < -0.39 is 14.3 Å². The van der Waals surface area contributed by atoms with E-state index in [0.29, 0.717) is 22.1 Å². The van der Waals surface area contributed by atoms with E-state index >= 15 is 0 Å². The van der Waals surface area contributed by atoms with Crippen LogP contribution in [-0.2, 0) is 9.13 Å². The van der Waals surface area contributed by atoms with Gasteiger partial charge in [-0.05, 0) is 24.3 Å². The maximum Gasteiger partial charge on any atom is 0.147 e. The summed E-state index contributed by atoms with van der Waals surface area (Å²) < 4.78 is 40.8. The van der Waals surface area contributed by atoms with E-state index in [9.17, 15) is 9.13 Å². The number of para-hydroxylation sites is 2. The van der Waals surface area contributed by atoms with Gasteiger partial charge in [-0.15, -0.1) is 0 Å². The Labute approximate surface area is 201 Å². The maximum absolute atomic E-state index is 14.8. The van der Waals surface area contributed by atoms with Crippen LogP contribution in [0.1, 0.15) is 0 Å². The fourth-order valence-electron chi connectivity index (χ4n) is 4.25. The third-order valence-electron chi connectivity index (χ3n) is 6.02. The fourth-order valence-corrected chi connectivity index (χ4v) is 11.1. The van der Waals surface area contributed by atoms with E-state index in [0.717, 1.165) is 10.6 Å². The molecule has 0 saturated heterocycles. The third kappa shape index (κ3) is 4.62. The van der Waals surface area contributed by atoms with Crippen molar-refractivity contribution < 1.29 is 18.6 Å². The van der Waals surface area contributed by atoms with E-state index in [1.165, 1.54) is 0 Å². The summed E-state index contributed by atoms with van der Waals surface area (Å²) in [6.07, 6.45) is 0.448. The molecule has 2 atom stereocenters. The van der Waals surface area contributed by atoms with Crippen molar-refractivity contribution in [1.29, 1.82) is 0 Å². The molecule has 4 rings (SSSR count). The number of hydrogen-bond acceptors (Lipinski definition) is 4. The minimum atomic E-state index is -3.18. The molecule has 0 saturated carbocycles. The zero-order chi connectivity index (χ0) is 24.0. The summed E-state index contributed by atoms with van der Waals surface area (Å²) in [4.78, 5) is 0. The second-order valence-corrected chi connectivity index (χ2v) is 13.8. The molecule has 174 valence electrons. The van der Waals surface area contributed by atoms with Gasteiger partial charge < -0.3 is 18.6 Å². The monoisotopic (exact) mass is 490 g/mol. The molecule has 4 aromatic carbocycles. The van der Waals surface area contributed by atoms with Crippen molar-refractivity contribution in [2.75, 3.05) is 26.5 Å². The lowest BCUT2D eigenvalue weighted by atomic mass is 10.3. The van der Waals surface area contributed by atoms with Crippen LogP contribution in [0.5, 0.6) is 11.5 Å².